The van der Waals surface area contributed by atoms with E-state index in [0.29, 0.717) is 10.9 Å². The lowest BCUT2D eigenvalue weighted by Crippen LogP contribution is -2.45. The lowest BCUT2D eigenvalue weighted by molar-refractivity contribution is -0.138. The first kappa shape index (κ1) is 17.1. The SMILES string of the molecule is CN(CC(=O)O)C1CCN(c2ccnc3c(Br)ccc(F)c23)CC1. The topological polar surface area (TPSA) is 56.7 Å². The van der Waals surface area contributed by atoms with Crippen molar-refractivity contribution in [3.63, 3.8) is 0 Å². The van der Waals surface area contributed by atoms with Crippen molar-refractivity contribution < 1.29 is 14.3 Å². The number of aliphatic carboxylic acids is 1. The predicted octanol–water partition coefficient (Wildman–Crippen LogP) is 3.12. The molecule has 1 aromatic carbocycles. The lowest BCUT2D eigenvalue weighted by Gasteiger charge is -2.37. The van der Waals surface area contributed by atoms with Crippen molar-refractivity contribution in [2.45, 2.75) is 18.9 Å². The van der Waals surface area contributed by atoms with E-state index in [1.165, 1.54) is 6.07 Å². The summed E-state index contributed by atoms with van der Waals surface area (Å²) in [4.78, 5) is 19.2. The molecule has 1 aliphatic heterocycles. The number of aromatic nitrogens is 1. The zero-order valence-corrected chi connectivity index (χ0v) is 15.0. The minimum Gasteiger partial charge on any atom is -0.480 e. The molecule has 0 saturated carbocycles. The van der Waals surface area contributed by atoms with Crippen molar-refractivity contribution in [3.8, 4) is 0 Å². The van der Waals surface area contributed by atoms with Gasteiger partial charge in [0.2, 0.25) is 0 Å². The molecule has 5 nitrogen and oxygen atoms in total. The Hall–Kier alpha value is -1.73. The zero-order valence-electron chi connectivity index (χ0n) is 13.4. The predicted molar refractivity (Wildman–Crippen MR) is 94.9 cm³/mol. The number of nitrogens with zero attached hydrogens (tertiary/aromatic N) is 3. The van der Waals surface area contributed by atoms with Crippen LogP contribution in [0.1, 0.15) is 12.8 Å². The van der Waals surface area contributed by atoms with Gasteiger partial charge in [0.05, 0.1) is 23.1 Å². The summed E-state index contributed by atoms with van der Waals surface area (Å²) in [6.07, 6.45) is 3.40. The van der Waals surface area contributed by atoms with Crippen molar-refractivity contribution in [2.75, 3.05) is 31.6 Å². The van der Waals surface area contributed by atoms with Crippen LogP contribution < -0.4 is 4.90 Å². The fraction of sp³-hybridized carbons (Fsp3) is 0.412. The molecular formula is C17H19BrFN3O2. The third kappa shape index (κ3) is 3.37. The third-order valence-corrected chi connectivity index (χ3v) is 5.22. The molecule has 0 aliphatic carbocycles. The van der Waals surface area contributed by atoms with E-state index in [-0.39, 0.29) is 18.4 Å². The van der Waals surface area contributed by atoms with E-state index < -0.39 is 5.97 Å². The highest BCUT2D eigenvalue weighted by atomic mass is 79.9. The molecule has 0 spiro atoms. The molecule has 1 aromatic heterocycles. The smallest absolute Gasteiger partial charge is 0.317 e. The maximum absolute atomic E-state index is 14.4. The average molecular weight is 396 g/mol. The summed E-state index contributed by atoms with van der Waals surface area (Å²) in [5.74, 6) is -1.09. The van der Waals surface area contributed by atoms with Crippen molar-refractivity contribution in [2.24, 2.45) is 0 Å². The first-order valence-electron chi connectivity index (χ1n) is 7.87. The van der Waals surface area contributed by atoms with Gasteiger partial charge in [0.15, 0.2) is 0 Å². The molecule has 1 N–H and O–H groups in total. The second-order valence-electron chi connectivity index (χ2n) is 6.11. The fourth-order valence-corrected chi connectivity index (χ4v) is 3.76. The molecular weight excluding hydrogens is 377 g/mol. The van der Waals surface area contributed by atoms with E-state index in [2.05, 4.69) is 25.8 Å². The average Bonchev–Trinajstić information content (AvgIpc) is 2.57. The number of hydrogen-bond acceptors (Lipinski definition) is 4. The maximum Gasteiger partial charge on any atom is 0.317 e. The van der Waals surface area contributed by atoms with Crippen LogP contribution >= 0.6 is 15.9 Å². The fourth-order valence-electron chi connectivity index (χ4n) is 3.33. The summed E-state index contributed by atoms with van der Waals surface area (Å²) in [7, 11) is 1.84. The Bertz CT molecular complexity index is 763. The molecule has 0 unspecified atom stereocenters. The number of likely N-dealkylation sites (N-methyl/N-ethyl adjacent to an activating group) is 1. The van der Waals surface area contributed by atoms with Crippen molar-refractivity contribution >= 4 is 38.5 Å². The molecule has 0 atom stereocenters. The molecule has 128 valence electrons. The molecule has 0 bridgehead atoms. The van der Waals surface area contributed by atoms with E-state index in [1.807, 2.05) is 18.0 Å². The van der Waals surface area contributed by atoms with Crippen LogP contribution in [0, 0.1) is 5.82 Å². The lowest BCUT2D eigenvalue weighted by atomic mass is 10.0. The Labute approximate surface area is 148 Å². The van der Waals surface area contributed by atoms with Crippen LogP contribution in [-0.2, 0) is 4.79 Å². The van der Waals surface area contributed by atoms with Gasteiger partial charge in [-0.05, 0) is 54.0 Å². The highest BCUT2D eigenvalue weighted by Crippen LogP contribution is 2.33. The summed E-state index contributed by atoms with van der Waals surface area (Å²) >= 11 is 3.43. The second-order valence-corrected chi connectivity index (χ2v) is 6.96. The van der Waals surface area contributed by atoms with Gasteiger partial charge in [-0.1, -0.05) is 0 Å². The normalized spacial score (nSPS) is 16.1. The number of carboxylic acid groups (broad SMARTS) is 1. The van der Waals surface area contributed by atoms with Crippen LogP contribution in [0.3, 0.4) is 0 Å². The first-order chi connectivity index (χ1) is 11.5. The standard InChI is InChI=1S/C17H19BrFN3O2/c1-21(10-15(23)24)11-5-8-22(9-6-11)14-4-7-20-17-12(18)2-3-13(19)16(14)17/h2-4,7,11H,5-6,8-10H2,1H3,(H,23,24). The summed E-state index contributed by atoms with van der Waals surface area (Å²) in [5.41, 5.74) is 1.47. The van der Waals surface area contributed by atoms with Crippen molar-refractivity contribution in [1.29, 1.82) is 0 Å². The number of hydrogen-bond donors (Lipinski definition) is 1. The number of halogens is 2. The highest BCUT2D eigenvalue weighted by Gasteiger charge is 2.25. The number of fused-ring (bicyclic) bond motifs is 1. The monoisotopic (exact) mass is 395 g/mol. The van der Waals surface area contributed by atoms with Crippen LogP contribution in [-0.4, -0.2) is 53.7 Å². The van der Waals surface area contributed by atoms with Crippen molar-refractivity contribution in [3.05, 3.63) is 34.7 Å². The van der Waals surface area contributed by atoms with E-state index in [1.54, 1.807) is 12.3 Å². The van der Waals surface area contributed by atoms with Gasteiger partial charge >= 0.3 is 5.97 Å². The third-order valence-electron chi connectivity index (χ3n) is 4.58. The summed E-state index contributed by atoms with van der Waals surface area (Å²) < 4.78 is 15.1. The van der Waals surface area contributed by atoms with Gasteiger partial charge < -0.3 is 10.0 Å². The van der Waals surface area contributed by atoms with Crippen LogP contribution in [0.5, 0.6) is 0 Å². The van der Waals surface area contributed by atoms with Crippen LogP contribution in [0.25, 0.3) is 10.9 Å². The Balaban J connectivity index is 1.81. The quantitative estimate of drug-likeness (QED) is 0.861. The second kappa shape index (κ2) is 7.03. The van der Waals surface area contributed by atoms with Crippen LogP contribution in [0.4, 0.5) is 10.1 Å². The number of carboxylic acids is 1. The van der Waals surface area contributed by atoms with Crippen molar-refractivity contribution in [1.82, 2.24) is 9.88 Å². The number of piperidine rings is 1. The Morgan fingerprint density at radius 3 is 2.79 bits per heavy atom. The molecule has 0 radical (unpaired) electrons. The maximum atomic E-state index is 14.4. The molecule has 2 heterocycles. The Morgan fingerprint density at radius 1 is 1.42 bits per heavy atom. The minimum absolute atomic E-state index is 0.0461. The first-order valence-corrected chi connectivity index (χ1v) is 8.66. The van der Waals surface area contributed by atoms with Gasteiger partial charge in [-0.25, -0.2) is 4.39 Å². The summed E-state index contributed by atoms with van der Waals surface area (Å²) in [6, 6.07) is 5.20. The van der Waals surface area contributed by atoms with Crippen LogP contribution in [0.2, 0.25) is 0 Å². The molecule has 1 fully saturated rings. The van der Waals surface area contributed by atoms with E-state index in [9.17, 15) is 9.18 Å². The Morgan fingerprint density at radius 2 is 2.12 bits per heavy atom. The van der Waals surface area contributed by atoms with Gasteiger partial charge in [0.1, 0.15) is 5.82 Å². The zero-order chi connectivity index (χ0) is 17.3. The van der Waals surface area contributed by atoms with Gasteiger partial charge in [0, 0.05) is 29.8 Å². The van der Waals surface area contributed by atoms with E-state index in [0.717, 1.165) is 36.1 Å². The highest BCUT2D eigenvalue weighted by molar-refractivity contribution is 9.10. The summed E-state index contributed by atoms with van der Waals surface area (Å²) in [6.45, 7) is 1.57. The molecule has 24 heavy (non-hydrogen) atoms. The van der Waals surface area contributed by atoms with Gasteiger partial charge in [-0.2, -0.15) is 0 Å². The largest absolute Gasteiger partial charge is 0.480 e. The number of carbonyl (C=O) groups is 1. The number of benzene rings is 1. The molecule has 1 saturated heterocycles. The number of anilines is 1. The molecule has 2 aromatic rings. The molecule has 1 aliphatic rings. The number of rotatable bonds is 4. The van der Waals surface area contributed by atoms with Gasteiger partial charge in [-0.15, -0.1) is 0 Å². The minimum atomic E-state index is -0.813. The van der Waals surface area contributed by atoms with E-state index in [4.69, 9.17) is 5.11 Å². The summed E-state index contributed by atoms with van der Waals surface area (Å²) in [5, 5.41) is 9.45. The number of pyridine rings is 1. The van der Waals surface area contributed by atoms with Gasteiger partial charge in [-0.3, -0.25) is 14.7 Å². The molecule has 3 rings (SSSR count). The van der Waals surface area contributed by atoms with Gasteiger partial charge in [0.25, 0.3) is 0 Å². The molecule has 0 amide bonds. The van der Waals surface area contributed by atoms with E-state index >= 15 is 0 Å². The Kier molecular flexibility index (Phi) is 5.01. The van der Waals surface area contributed by atoms with Crippen LogP contribution in [0.15, 0.2) is 28.9 Å². The molecule has 7 heteroatoms.